The van der Waals surface area contributed by atoms with E-state index in [9.17, 15) is 4.21 Å². The van der Waals surface area contributed by atoms with Crippen LogP contribution in [0.4, 0.5) is 5.82 Å². The third-order valence-electron chi connectivity index (χ3n) is 5.09. The van der Waals surface area contributed by atoms with Gasteiger partial charge < -0.3 is 22.3 Å². The monoisotopic (exact) mass is 454 g/mol. The number of anilines is 1. The Labute approximate surface area is 187 Å². The van der Waals surface area contributed by atoms with Gasteiger partial charge in [-0.3, -0.25) is 9.19 Å². The summed E-state index contributed by atoms with van der Waals surface area (Å²) in [5, 5.41) is 6.95. The summed E-state index contributed by atoms with van der Waals surface area (Å²) < 4.78 is 13.0. The van der Waals surface area contributed by atoms with Gasteiger partial charge in [-0.25, -0.2) is 10.8 Å². The first-order valence-corrected chi connectivity index (χ1v) is 11.1. The Kier molecular flexibility index (Phi) is 6.18. The highest BCUT2D eigenvalue weighted by molar-refractivity contribution is 7.87. The second-order valence-electron chi connectivity index (χ2n) is 6.90. The van der Waals surface area contributed by atoms with Crippen LogP contribution in [0.2, 0.25) is 0 Å². The molecule has 2 aromatic heterocycles. The van der Waals surface area contributed by atoms with Crippen LogP contribution in [0, 0.1) is 0 Å². The SMILES string of the molecule is N/N=C(\NN)c1c(-c2ccnc(-c3cccnc3N)c2)ccc(S(=O)C2CNC2)c1S. The first-order chi connectivity index (χ1) is 15.0. The van der Waals surface area contributed by atoms with Crippen LogP contribution in [0.1, 0.15) is 5.56 Å². The lowest BCUT2D eigenvalue weighted by Crippen LogP contribution is -2.49. The van der Waals surface area contributed by atoms with Crippen molar-refractivity contribution in [2.24, 2.45) is 16.8 Å². The van der Waals surface area contributed by atoms with Crippen molar-refractivity contribution in [3.8, 4) is 22.4 Å². The molecule has 1 atom stereocenters. The van der Waals surface area contributed by atoms with Crippen LogP contribution in [-0.4, -0.2) is 38.4 Å². The molecule has 0 radical (unpaired) electrons. The molecule has 1 aliphatic heterocycles. The van der Waals surface area contributed by atoms with Crippen molar-refractivity contribution in [1.82, 2.24) is 20.7 Å². The summed E-state index contributed by atoms with van der Waals surface area (Å²) in [6.45, 7) is 1.40. The van der Waals surface area contributed by atoms with Crippen molar-refractivity contribution >= 4 is 35.1 Å². The van der Waals surface area contributed by atoms with Crippen molar-refractivity contribution < 1.29 is 4.21 Å². The minimum Gasteiger partial charge on any atom is -0.383 e. The first-order valence-electron chi connectivity index (χ1n) is 9.44. The average molecular weight is 455 g/mol. The Morgan fingerprint density at radius 3 is 2.65 bits per heavy atom. The zero-order valence-corrected chi connectivity index (χ0v) is 18.2. The average Bonchev–Trinajstić information content (AvgIpc) is 2.74. The molecule has 8 N–H and O–H groups in total. The minimum atomic E-state index is -1.23. The number of nitrogen functional groups attached to an aromatic ring is 1. The second kappa shape index (κ2) is 9.02. The van der Waals surface area contributed by atoms with E-state index in [1.54, 1.807) is 18.5 Å². The number of hydrazone groups is 1. The van der Waals surface area contributed by atoms with Gasteiger partial charge in [-0.2, -0.15) is 5.10 Å². The molecule has 31 heavy (non-hydrogen) atoms. The molecule has 11 heteroatoms. The van der Waals surface area contributed by atoms with Gasteiger partial charge in [0.05, 0.1) is 26.6 Å². The number of amidine groups is 1. The van der Waals surface area contributed by atoms with Gasteiger partial charge in [0.15, 0.2) is 5.84 Å². The molecule has 1 unspecified atom stereocenters. The highest BCUT2D eigenvalue weighted by Gasteiger charge is 2.28. The molecule has 0 aliphatic carbocycles. The number of hydrogen-bond acceptors (Lipinski definition) is 9. The maximum absolute atomic E-state index is 13.0. The third-order valence-corrected chi connectivity index (χ3v) is 7.42. The molecule has 1 aromatic carbocycles. The van der Waals surface area contributed by atoms with Crippen LogP contribution in [0.15, 0.2) is 63.7 Å². The molecule has 4 rings (SSSR count). The second-order valence-corrected chi connectivity index (χ2v) is 9.05. The Morgan fingerprint density at radius 1 is 1.19 bits per heavy atom. The lowest BCUT2D eigenvalue weighted by Gasteiger charge is -2.27. The predicted octanol–water partition coefficient (Wildman–Crippen LogP) is 0.845. The summed E-state index contributed by atoms with van der Waals surface area (Å²) in [6.07, 6.45) is 3.31. The van der Waals surface area contributed by atoms with Crippen molar-refractivity contribution in [2.45, 2.75) is 15.0 Å². The molecule has 1 saturated heterocycles. The summed E-state index contributed by atoms with van der Waals surface area (Å²) in [6, 6.07) is 11.1. The highest BCUT2D eigenvalue weighted by atomic mass is 32.2. The van der Waals surface area contributed by atoms with Crippen molar-refractivity contribution in [2.75, 3.05) is 18.8 Å². The molecule has 0 bridgehead atoms. The number of thiol groups is 1. The number of hydrazine groups is 1. The molecule has 3 aromatic rings. The normalized spacial score (nSPS) is 15.4. The molecular weight excluding hydrogens is 432 g/mol. The fraction of sp³-hybridized carbons (Fsp3) is 0.150. The number of nitrogens with zero attached hydrogens (tertiary/aromatic N) is 3. The molecule has 0 saturated carbocycles. The number of nitrogens with one attached hydrogen (secondary N) is 2. The van der Waals surface area contributed by atoms with Crippen LogP contribution in [0.25, 0.3) is 22.4 Å². The number of rotatable bonds is 5. The maximum atomic E-state index is 13.0. The van der Waals surface area contributed by atoms with E-state index < -0.39 is 10.8 Å². The van der Waals surface area contributed by atoms with E-state index in [1.165, 1.54) is 0 Å². The maximum Gasteiger partial charge on any atom is 0.168 e. The van der Waals surface area contributed by atoms with Crippen molar-refractivity contribution in [3.63, 3.8) is 0 Å². The van der Waals surface area contributed by atoms with Crippen molar-refractivity contribution in [1.29, 1.82) is 0 Å². The molecule has 0 spiro atoms. The summed E-state index contributed by atoms with van der Waals surface area (Å²) in [5.41, 5.74) is 12.1. The van der Waals surface area contributed by atoms with Crippen LogP contribution in [0.5, 0.6) is 0 Å². The van der Waals surface area contributed by atoms with Crippen molar-refractivity contribution in [3.05, 3.63) is 54.4 Å². The largest absolute Gasteiger partial charge is 0.383 e. The molecule has 3 heterocycles. The minimum absolute atomic E-state index is 0.0368. The number of pyridine rings is 2. The topological polar surface area (TPSA) is 157 Å². The summed E-state index contributed by atoms with van der Waals surface area (Å²) in [7, 11) is -1.23. The zero-order chi connectivity index (χ0) is 22.0. The lowest BCUT2D eigenvalue weighted by molar-refractivity contribution is 0.525. The summed E-state index contributed by atoms with van der Waals surface area (Å²) >= 11 is 4.70. The van der Waals surface area contributed by atoms with E-state index in [-0.39, 0.29) is 11.1 Å². The number of nitrogens with two attached hydrogens (primary N) is 3. The Hall–Kier alpha value is -2.99. The van der Waals surface area contributed by atoms with Crippen LogP contribution >= 0.6 is 12.6 Å². The quantitative estimate of drug-likeness (QED) is 0.109. The molecule has 9 nitrogen and oxygen atoms in total. The molecular formula is C20H22N8OS2. The fourth-order valence-corrected chi connectivity index (χ4v) is 5.32. The van der Waals surface area contributed by atoms with E-state index in [1.807, 2.05) is 30.3 Å². The van der Waals surface area contributed by atoms with Crippen LogP contribution < -0.4 is 28.2 Å². The summed E-state index contributed by atoms with van der Waals surface area (Å²) in [5.74, 6) is 11.9. The highest BCUT2D eigenvalue weighted by Crippen LogP contribution is 2.35. The molecule has 160 valence electrons. The van der Waals surface area contributed by atoms with Crippen LogP contribution in [-0.2, 0) is 10.8 Å². The van der Waals surface area contributed by atoms with E-state index in [4.69, 9.17) is 30.0 Å². The molecule has 0 amide bonds. The first kappa shape index (κ1) is 21.2. The van der Waals surface area contributed by atoms with Gasteiger partial charge in [-0.1, -0.05) is 6.07 Å². The standard InChI is InChI=1S/C20H22N8OS2/c21-19-14(2-1-6-26-19)15-8-11(5-7-25-15)13-3-4-16(31(29)12-9-24-10-12)18(30)17(13)20(27-22)28-23/h1-8,12,24,30H,9-10,22-23H2,(H2,21,26)(H,27,28). The van der Waals surface area contributed by atoms with E-state index in [2.05, 4.69) is 25.8 Å². The van der Waals surface area contributed by atoms with E-state index in [0.717, 1.165) is 16.7 Å². The van der Waals surface area contributed by atoms with Gasteiger partial charge in [0.2, 0.25) is 0 Å². The van der Waals surface area contributed by atoms with E-state index in [0.29, 0.717) is 40.0 Å². The fourth-order valence-electron chi connectivity index (χ4n) is 3.36. The Morgan fingerprint density at radius 2 is 2.00 bits per heavy atom. The third kappa shape index (κ3) is 4.00. The molecule has 1 aliphatic rings. The Balaban J connectivity index is 1.87. The Bertz CT molecular complexity index is 1180. The van der Waals surface area contributed by atoms with Gasteiger partial charge in [0, 0.05) is 41.5 Å². The number of benzene rings is 1. The predicted molar refractivity (Wildman–Crippen MR) is 126 cm³/mol. The van der Waals surface area contributed by atoms with Gasteiger partial charge in [-0.15, -0.1) is 12.6 Å². The lowest BCUT2D eigenvalue weighted by atomic mass is 9.98. The van der Waals surface area contributed by atoms with Gasteiger partial charge in [0.1, 0.15) is 5.82 Å². The van der Waals surface area contributed by atoms with Gasteiger partial charge in [0.25, 0.3) is 0 Å². The molecule has 1 fully saturated rings. The summed E-state index contributed by atoms with van der Waals surface area (Å²) in [4.78, 5) is 9.67. The van der Waals surface area contributed by atoms with E-state index >= 15 is 0 Å². The number of hydrogen-bond donors (Lipinski definition) is 6. The van der Waals surface area contributed by atoms with Gasteiger partial charge in [-0.05, 0) is 41.5 Å². The van der Waals surface area contributed by atoms with Crippen LogP contribution in [0.3, 0.4) is 0 Å². The zero-order valence-electron chi connectivity index (χ0n) is 16.4. The smallest absolute Gasteiger partial charge is 0.168 e. The van der Waals surface area contributed by atoms with Gasteiger partial charge >= 0.3 is 0 Å². The number of aromatic nitrogens is 2.